The SMILES string of the molecule is CC(C)COC(=O)Nc1cc(S(N)(=O)=O)ccc1F. The van der Waals surface area contributed by atoms with E-state index >= 15 is 0 Å². The van der Waals surface area contributed by atoms with E-state index < -0.39 is 21.9 Å². The summed E-state index contributed by atoms with van der Waals surface area (Å²) in [6.45, 7) is 3.85. The summed E-state index contributed by atoms with van der Waals surface area (Å²) in [6.07, 6.45) is -0.862. The van der Waals surface area contributed by atoms with Gasteiger partial charge in [0.1, 0.15) is 5.82 Å². The lowest BCUT2D eigenvalue weighted by Crippen LogP contribution is -2.18. The fraction of sp³-hybridized carbons (Fsp3) is 0.364. The summed E-state index contributed by atoms with van der Waals surface area (Å²) in [5.41, 5.74) is -0.305. The zero-order chi connectivity index (χ0) is 14.6. The van der Waals surface area contributed by atoms with E-state index in [-0.39, 0.29) is 23.1 Å². The molecule has 0 saturated carbocycles. The zero-order valence-electron chi connectivity index (χ0n) is 10.5. The van der Waals surface area contributed by atoms with Crippen LogP contribution in [0.25, 0.3) is 0 Å². The Morgan fingerprint density at radius 3 is 2.63 bits per heavy atom. The highest BCUT2D eigenvalue weighted by Gasteiger charge is 2.14. The lowest BCUT2D eigenvalue weighted by Gasteiger charge is -2.10. The number of hydrogen-bond donors (Lipinski definition) is 2. The average Bonchev–Trinajstić information content (AvgIpc) is 2.28. The number of amides is 1. The minimum atomic E-state index is -3.96. The minimum absolute atomic E-state index is 0.131. The quantitative estimate of drug-likeness (QED) is 0.881. The fourth-order valence-corrected chi connectivity index (χ4v) is 1.71. The number of nitrogens with two attached hydrogens (primary N) is 1. The van der Waals surface area contributed by atoms with Crippen molar-refractivity contribution in [1.29, 1.82) is 0 Å². The van der Waals surface area contributed by atoms with Crippen molar-refractivity contribution in [2.45, 2.75) is 18.7 Å². The zero-order valence-corrected chi connectivity index (χ0v) is 11.3. The minimum Gasteiger partial charge on any atom is -0.449 e. The first-order valence-corrected chi connectivity index (χ1v) is 7.01. The number of benzene rings is 1. The summed E-state index contributed by atoms with van der Waals surface area (Å²) in [6, 6.07) is 2.84. The summed E-state index contributed by atoms with van der Waals surface area (Å²) >= 11 is 0. The van der Waals surface area contributed by atoms with Gasteiger partial charge in [-0.1, -0.05) is 13.8 Å². The van der Waals surface area contributed by atoms with Crippen LogP contribution in [0.1, 0.15) is 13.8 Å². The maximum atomic E-state index is 13.4. The highest BCUT2D eigenvalue weighted by atomic mass is 32.2. The molecule has 0 heterocycles. The van der Waals surface area contributed by atoms with Gasteiger partial charge in [0, 0.05) is 0 Å². The van der Waals surface area contributed by atoms with E-state index in [0.29, 0.717) is 0 Å². The van der Waals surface area contributed by atoms with Gasteiger partial charge in [-0.15, -0.1) is 0 Å². The standard InChI is InChI=1S/C11H15FN2O4S/c1-7(2)6-18-11(15)14-10-5-8(19(13,16)17)3-4-9(10)12/h3-5,7H,6H2,1-2H3,(H,14,15)(H2,13,16,17). The van der Waals surface area contributed by atoms with Crippen molar-refractivity contribution in [2.75, 3.05) is 11.9 Å². The van der Waals surface area contributed by atoms with Gasteiger partial charge in [-0.25, -0.2) is 22.7 Å². The molecule has 0 aromatic heterocycles. The molecule has 1 aromatic rings. The highest BCUT2D eigenvalue weighted by Crippen LogP contribution is 2.19. The summed E-state index contributed by atoms with van der Waals surface area (Å²) in [5, 5.41) is 7.03. The second-order valence-electron chi connectivity index (χ2n) is 4.30. The maximum Gasteiger partial charge on any atom is 0.411 e. The van der Waals surface area contributed by atoms with Gasteiger partial charge >= 0.3 is 6.09 Å². The molecule has 0 spiro atoms. The molecule has 0 aliphatic carbocycles. The van der Waals surface area contributed by atoms with Gasteiger partial charge in [0.15, 0.2) is 0 Å². The molecule has 19 heavy (non-hydrogen) atoms. The van der Waals surface area contributed by atoms with Crippen LogP contribution in [0.4, 0.5) is 14.9 Å². The van der Waals surface area contributed by atoms with Crippen LogP contribution in [-0.2, 0) is 14.8 Å². The molecule has 1 amide bonds. The fourth-order valence-electron chi connectivity index (χ4n) is 1.17. The number of rotatable bonds is 4. The smallest absolute Gasteiger partial charge is 0.411 e. The molecule has 0 atom stereocenters. The summed E-state index contributed by atoms with van der Waals surface area (Å²) < 4.78 is 40.4. The first-order valence-electron chi connectivity index (χ1n) is 5.46. The Morgan fingerprint density at radius 2 is 2.11 bits per heavy atom. The molecule has 0 aliphatic rings. The average molecular weight is 290 g/mol. The number of anilines is 1. The molecule has 0 bridgehead atoms. The second-order valence-corrected chi connectivity index (χ2v) is 5.87. The summed E-state index contributed by atoms with van der Waals surface area (Å²) in [7, 11) is -3.96. The third-order valence-electron chi connectivity index (χ3n) is 2.05. The van der Waals surface area contributed by atoms with E-state index in [1.165, 1.54) is 0 Å². The number of sulfonamides is 1. The highest BCUT2D eigenvalue weighted by molar-refractivity contribution is 7.89. The van der Waals surface area contributed by atoms with Crippen LogP contribution in [0.15, 0.2) is 23.1 Å². The van der Waals surface area contributed by atoms with Crippen molar-refractivity contribution in [1.82, 2.24) is 0 Å². The molecular weight excluding hydrogens is 275 g/mol. The molecule has 0 saturated heterocycles. The number of primary sulfonamides is 1. The summed E-state index contributed by atoms with van der Waals surface area (Å²) in [4.78, 5) is 11.1. The molecule has 6 nitrogen and oxygen atoms in total. The van der Waals surface area contributed by atoms with Gasteiger partial charge in [0.2, 0.25) is 10.0 Å². The Labute approximate surface area is 110 Å². The van der Waals surface area contributed by atoms with E-state index in [4.69, 9.17) is 9.88 Å². The van der Waals surface area contributed by atoms with Crippen LogP contribution in [0, 0.1) is 11.7 Å². The van der Waals surface area contributed by atoms with E-state index in [1.807, 2.05) is 13.8 Å². The first-order chi connectivity index (χ1) is 8.70. The Kier molecular flexibility index (Phi) is 4.84. The van der Waals surface area contributed by atoms with E-state index in [1.54, 1.807) is 0 Å². The number of carbonyl (C=O) groups is 1. The van der Waals surface area contributed by atoms with Gasteiger partial charge < -0.3 is 4.74 Å². The molecule has 1 aromatic carbocycles. The van der Waals surface area contributed by atoms with Gasteiger partial charge in [0.25, 0.3) is 0 Å². The van der Waals surface area contributed by atoms with Crippen LogP contribution in [0.5, 0.6) is 0 Å². The Hall–Kier alpha value is -1.67. The van der Waals surface area contributed by atoms with Crippen LogP contribution in [0.3, 0.4) is 0 Å². The lowest BCUT2D eigenvalue weighted by molar-refractivity contribution is 0.147. The Bertz CT molecular complexity index is 572. The molecule has 0 aliphatic heterocycles. The number of carbonyl (C=O) groups excluding carboxylic acids is 1. The second kappa shape index (κ2) is 5.98. The lowest BCUT2D eigenvalue weighted by atomic mass is 10.2. The predicted octanol–water partition coefficient (Wildman–Crippen LogP) is 1.68. The molecule has 3 N–H and O–H groups in total. The van der Waals surface area contributed by atoms with Crippen molar-refractivity contribution < 1.29 is 22.3 Å². The normalized spacial score (nSPS) is 11.4. The molecule has 0 radical (unpaired) electrons. The Morgan fingerprint density at radius 1 is 1.47 bits per heavy atom. The third kappa shape index (κ3) is 4.84. The van der Waals surface area contributed by atoms with Gasteiger partial charge in [0.05, 0.1) is 17.2 Å². The van der Waals surface area contributed by atoms with E-state index in [9.17, 15) is 17.6 Å². The van der Waals surface area contributed by atoms with Crippen LogP contribution in [-0.4, -0.2) is 21.1 Å². The van der Waals surface area contributed by atoms with Crippen LogP contribution < -0.4 is 10.5 Å². The first kappa shape index (κ1) is 15.4. The van der Waals surface area contributed by atoms with Crippen molar-refractivity contribution in [3.63, 3.8) is 0 Å². The van der Waals surface area contributed by atoms with E-state index in [2.05, 4.69) is 5.32 Å². The molecular formula is C11H15FN2O4S. The monoisotopic (exact) mass is 290 g/mol. The molecule has 0 fully saturated rings. The third-order valence-corrected chi connectivity index (χ3v) is 2.96. The van der Waals surface area contributed by atoms with Crippen molar-refractivity contribution in [2.24, 2.45) is 11.1 Å². The van der Waals surface area contributed by atoms with Crippen LogP contribution >= 0.6 is 0 Å². The van der Waals surface area contributed by atoms with Crippen molar-refractivity contribution in [3.05, 3.63) is 24.0 Å². The van der Waals surface area contributed by atoms with Crippen LogP contribution in [0.2, 0.25) is 0 Å². The topological polar surface area (TPSA) is 98.5 Å². The van der Waals surface area contributed by atoms with Gasteiger partial charge in [-0.2, -0.15) is 0 Å². The molecule has 1 rings (SSSR count). The summed E-state index contributed by atoms with van der Waals surface area (Å²) in [5.74, 6) is -0.653. The maximum absolute atomic E-state index is 13.4. The number of ether oxygens (including phenoxy) is 1. The molecule has 0 unspecified atom stereocenters. The van der Waals surface area contributed by atoms with Gasteiger partial charge in [-0.3, -0.25) is 5.32 Å². The number of halogens is 1. The van der Waals surface area contributed by atoms with Crippen molar-refractivity contribution >= 4 is 21.8 Å². The molecule has 106 valence electrons. The van der Waals surface area contributed by atoms with Gasteiger partial charge in [-0.05, 0) is 24.1 Å². The molecule has 8 heteroatoms. The number of nitrogens with one attached hydrogen (secondary N) is 1. The Balaban J connectivity index is 2.86. The van der Waals surface area contributed by atoms with Crippen molar-refractivity contribution in [3.8, 4) is 0 Å². The van der Waals surface area contributed by atoms with E-state index in [0.717, 1.165) is 18.2 Å². The largest absolute Gasteiger partial charge is 0.449 e. The predicted molar refractivity (Wildman–Crippen MR) is 67.6 cm³/mol. The number of hydrogen-bond acceptors (Lipinski definition) is 4.